The van der Waals surface area contributed by atoms with Gasteiger partial charge in [-0.05, 0) is 46.0 Å². The largest absolute Gasteiger partial charge is 0.464 e. The predicted octanol–water partition coefficient (Wildman–Crippen LogP) is 3.48. The lowest BCUT2D eigenvalue weighted by Gasteiger charge is -2.24. The molecule has 124 valence electrons. The molecule has 1 unspecified atom stereocenters. The summed E-state index contributed by atoms with van der Waals surface area (Å²) < 4.78 is 5.06. The van der Waals surface area contributed by atoms with Crippen molar-refractivity contribution in [2.75, 3.05) is 13.2 Å². The Morgan fingerprint density at radius 3 is 2.77 bits per heavy atom. The molecule has 4 heteroatoms. The normalized spacial score (nSPS) is 20.5. The first kappa shape index (κ1) is 18.5. The quantitative estimate of drug-likeness (QED) is 0.534. The van der Waals surface area contributed by atoms with E-state index in [1.54, 1.807) is 11.8 Å². The molecule has 1 saturated heterocycles. The molecule has 1 fully saturated rings. The Balaban J connectivity index is 2.52. The third-order valence-corrected chi connectivity index (χ3v) is 4.25. The third-order valence-electron chi connectivity index (χ3n) is 4.25. The summed E-state index contributed by atoms with van der Waals surface area (Å²) in [5.74, 6) is 0.176. The Morgan fingerprint density at radius 1 is 1.41 bits per heavy atom. The number of likely N-dealkylation sites (tertiary alicyclic amines) is 1. The minimum Gasteiger partial charge on any atom is -0.464 e. The molecule has 1 amide bonds. The van der Waals surface area contributed by atoms with Crippen molar-refractivity contribution in [1.82, 2.24) is 4.90 Å². The summed E-state index contributed by atoms with van der Waals surface area (Å²) in [6.07, 6.45) is 9.00. The number of esters is 1. The van der Waals surface area contributed by atoms with Crippen LogP contribution >= 0.6 is 0 Å². The van der Waals surface area contributed by atoms with Gasteiger partial charge in [0.2, 0.25) is 5.91 Å². The second kappa shape index (κ2) is 9.44. The van der Waals surface area contributed by atoms with Crippen molar-refractivity contribution >= 4 is 11.9 Å². The van der Waals surface area contributed by atoms with E-state index in [0.717, 1.165) is 19.3 Å². The zero-order valence-corrected chi connectivity index (χ0v) is 14.3. The topological polar surface area (TPSA) is 46.6 Å². The number of nitrogens with zero attached hydrogens (tertiary/aromatic N) is 1. The van der Waals surface area contributed by atoms with Crippen molar-refractivity contribution in [2.24, 2.45) is 5.92 Å². The Kier molecular flexibility index (Phi) is 7.92. The molecule has 0 N–H and O–H groups in total. The van der Waals surface area contributed by atoms with Gasteiger partial charge < -0.3 is 9.64 Å². The second-order valence-corrected chi connectivity index (χ2v) is 5.87. The fourth-order valence-corrected chi connectivity index (χ4v) is 2.67. The van der Waals surface area contributed by atoms with E-state index in [2.05, 4.69) is 19.9 Å². The SMILES string of the molecule is C/C=C\C=C(/C)[C@@H](C)CCC(=O)N1CCCC1C(=O)OCC. The molecular formula is C18H29NO3. The van der Waals surface area contributed by atoms with Crippen LogP contribution in [-0.2, 0) is 14.3 Å². The number of allylic oxidation sites excluding steroid dienone is 4. The number of rotatable bonds is 7. The first-order valence-electron chi connectivity index (χ1n) is 8.26. The van der Waals surface area contributed by atoms with Crippen molar-refractivity contribution in [3.63, 3.8) is 0 Å². The molecule has 0 aromatic rings. The number of ether oxygens (including phenoxy) is 1. The Bertz CT molecular complexity index is 440. The van der Waals surface area contributed by atoms with Gasteiger partial charge in [0.1, 0.15) is 6.04 Å². The van der Waals surface area contributed by atoms with Gasteiger partial charge in [0, 0.05) is 13.0 Å². The fourth-order valence-electron chi connectivity index (χ4n) is 2.67. The van der Waals surface area contributed by atoms with E-state index in [9.17, 15) is 9.59 Å². The molecule has 2 atom stereocenters. The standard InChI is InChI=1S/C18H29NO3/c1-5-7-9-14(3)15(4)11-12-17(20)19-13-8-10-16(19)18(21)22-6-2/h5,7,9,15-16H,6,8,10-13H2,1-4H3/b7-5-,14-9+/t15-,16?/m0/s1. The van der Waals surface area contributed by atoms with Crippen LogP contribution in [0.2, 0.25) is 0 Å². The van der Waals surface area contributed by atoms with E-state index >= 15 is 0 Å². The molecular weight excluding hydrogens is 278 g/mol. The van der Waals surface area contributed by atoms with Crippen molar-refractivity contribution in [3.8, 4) is 0 Å². The molecule has 1 aliphatic rings. The number of hydrogen-bond donors (Lipinski definition) is 0. The zero-order chi connectivity index (χ0) is 16.5. The highest BCUT2D eigenvalue weighted by molar-refractivity contribution is 5.85. The van der Waals surface area contributed by atoms with E-state index < -0.39 is 0 Å². The van der Waals surface area contributed by atoms with Crippen LogP contribution < -0.4 is 0 Å². The lowest BCUT2D eigenvalue weighted by molar-refractivity contribution is -0.153. The molecule has 0 bridgehead atoms. The summed E-state index contributed by atoms with van der Waals surface area (Å²) in [6.45, 7) is 9.04. The molecule has 1 aliphatic heterocycles. The Labute approximate surface area is 134 Å². The van der Waals surface area contributed by atoms with Crippen molar-refractivity contribution in [1.29, 1.82) is 0 Å². The van der Waals surface area contributed by atoms with E-state index in [0.29, 0.717) is 25.5 Å². The van der Waals surface area contributed by atoms with E-state index in [1.165, 1.54) is 5.57 Å². The van der Waals surface area contributed by atoms with Gasteiger partial charge in [0.05, 0.1) is 6.61 Å². The van der Waals surface area contributed by atoms with Crippen LogP contribution in [0, 0.1) is 5.92 Å². The minimum atomic E-state index is -0.373. The lowest BCUT2D eigenvalue weighted by atomic mass is 9.96. The van der Waals surface area contributed by atoms with Crippen LogP contribution in [-0.4, -0.2) is 36.0 Å². The molecule has 4 nitrogen and oxygen atoms in total. The molecule has 0 radical (unpaired) electrons. The van der Waals surface area contributed by atoms with Crippen molar-refractivity contribution in [3.05, 3.63) is 23.8 Å². The smallest absolute Gasteiger partial charge is 0.328 e. The van der Waals surface area contributed by atoms with Crippen LogP contribution in [0.25, 0.3) is 0 Å². The van der Waals surface area contributed by atoms with Gasteiger partial charge in [0.25, 0.3) is 0 Å². The van der Waals surface area contributed by atoms with Gasteiger partial charge in [-0.3, -0.25) is 4.79 Å². The summed E-state index contributed by atoms with van der Waals surface area (Å²) in [5.41, 5.74) is 1.27. The Morgan fingerprint density at radius 2 is 2.14 bits per heavy atom. The number of carbonyl (C=O) groups is 2. The third kappa shape index (κ3) is 5.32. The maximum atomic E-state index is 12.4. The van der Waals surface area contributed by atoms with Crippen LogP contribution in [0.5, 0.6) is 0 Å². The van der Waals surface area contributed by atoms with Crippen LogP contribution in [0.3, 0.4) is 0 Å². The fraction of sp³-hybridized carbons (Fsp3) is 0.667. The highest BCUT2D eigenvalue weighted by Gasteiger charge is 2.34. The van der Waals surface area contributed by atoms with Gasteiger partial charge in [-0.1, -0.05) is 30.7 Å². The first-order chi connectivity index (χ1) is 10.5. The molecule has 0 saturated carbocycles. The monoisotopic (exact) mass is 307 g/mol. The molecule has 22 heavy (non-hydrogen) atoms. The average molecular weight is 307 g/mol. The first-order valence-corrected chi connectivity index (χ1v) is 8.26. The zero-order valence-electron chi connectivity index (χ0n) is 14.3. The van der Waals surface area contributed by atoms with E-state index in [1.807, 2.05) is 19.1 Å². The van der Waals surface area contributed by atoms with E-state index in [-0.39, 0.29) is 17.9 Å². The summed E-state index contributed by atoms with van der Waals surface area (Å²) in [6, 6.07) is -0.373. The minimum absolute atomic E-state index is 0.0706. The van der Waals surface area contributed by atoms with E-state index in [4.69, 9.17) is 4.74 Å². The molecule has 1 rings (SSSR count). The molecule has 0 aliphatic carbocycles. The second-order valence-electron chi connectivity index (χ2n) is 5.87. The highest BCUT2D eigenvalue weighted by Crippen LogP contribution is 2.22. The van der Waals surface area contributed by atoms with Gasteiger partial charge in [-0.2, -0.15) is 0 Å². The predicted molar refractivity (Wildman–Crippen MR) is 88.3 cm³/mol. The van der Waals surface area contributed by atoms with Gasteiger partial charge in [0.15, 0.2) is 0 Å². The van der Waals surface area contributed by atoms with Gasteiger partial charge >= 0.3 is 5.97 Å². The lowest BCUT2D eigenvalue weighted by Crippen LogP contribution is -2.41. The van der Waals surface area contributed by atoms with Crippen molar-refractivity contribution in [2.45, 2.75) is 59.4 Å². The van der Waals surface area contributed by atoms with Crippen LogP contribution in [0.1, 0.15) is 53.4 Å². The molecule has 0 aromatic heterocycles. The molecule has 0 aromatic carbocycles. The average Bonchev–Trinajstić information content (AvgIpc) is 2.99. The highest BCUT2D eigenvalue weighted by atomic mass is 16.5. The number of carbonyl (C=O) groups excluding carboxylic acids is 2. The maximum Gasteiger partial charge on any atom is 0.328 e. The van der Waals surface area contributed by atoms with Crippen molar-refractivity contribution < 1.29 is 14.3 Å². The number of hydrogen-bond acceptors (Lipinski definition) is 3. The maximum absolute atomic E-state index is 12.4. The van der Waals surface area contributed by atoms with Crippen LogP contribution in [0.4, 0.5) is 0 Å². The summed E-state index contributed by atoms with van der Waals surface area (Å²) in [4.78, 5) is 26.0. The van der Waals surface area contributed by atoms with Gasteiger partial charge in [-0.15, -0.1) is 0 Å². The summed E-state index contributed by atoms with van der Waals surface area (Å²) in [5, 5.41) is 0. The summed E-state index contributed by atoms with van der Waals surface area (Å²) >= 11 is 0. The Hall–Kier alpha value is -1.58. The molecule has 0 spiro atoms. The molecule has 1 heterocycles. The van der Waals surface area contributed by atoms with Crippen LogP contribution in [0.15, 0.2) is 23.8 Å². The number of amides is 1. The van der Waals surface area contributed by atoms with Gasteiger partial charge in [-0.25, -0.2) is 4.79 Å². The summed E-state index contributed by atoms with van der Waals surface area (Å²) in [7, 11) is 0.